The summed E-state index contributed by atoms with van der Waals surface area (Å²) in [6.07, 6.45) is 1.37. The molecule has 108 valence electrons. The van der Waals surface area contributed by atoms with Gasteiger partial charge in [0, 0.05) is 25.1 Å². The molecule has 1 saturated heterocycles. The van der Waals surface area contributed by atoms with Gasteiger partial charge in [-0.15, -0.1) is 0 Å². The van der Waals surface area contributed by atoms with Crippen LogP contribution < -0.4 is 0 Å². The topological polar surface area (TPSA) is 40.6 Å². The van der Waals surface area contributed by atoms with E-state index in [-0.39, 0.29) is 11.5 Å². The molecule has 4 nitrogen and oxygen atoms in total. The molecule has 0 radical (unpaired) electrons. The first-order valence-corrected chi connectivity index (χ1v) is 7.19. The third-order valence-corrected chi connectivity index (χ3v) is 4.08. The first-order chi connectivity index (χ1) is 9.43. The molecule has 0 N–H and O–H groups in total. The van der Waals surface area contributed by atoms with Gasteiger partial charge in [0.05, 0.1) is 5.56 Å². The maximum Gasteiger partial charge on any atom is 0.258 e. The van der Waals surface area contributed by atoms with Crippen LogP contribution in [0.25, 0.3) is 0 Å². The molecular weight excluding hydrogens is 327 g/mol. The maximum absolute atomic E-state index is 13.9. The Hall–Kier alpha value is -1.43. The Morgan fingerprint density at radius 1 is 1.40 bits per heavy atom. The van der Waals surface area contributed by atoms with Gasteiger partial charge in [-0.3, -0.25) is 9.59 Å². The van der Waals surface area contributed by atoms with Crippen LogP contribution in [0.2, 0.25) is 0 Å². The largest absolute Gasteiger partial charge is 0.347 e. The normalized spacial score (nSPS) is 18.2. The lowest BCUT2D eigenvalue weighted by Gasteiger charge is -2.26. The minimum absolute atomic E-state index is 0.00837. The summed E-state index contributed by atoms with van der Waals surface area (Å²) in [5.41, 5.74) is -0.00837. The van der Waals surface area contributed by atoms with Crippen molar-refractivity contribution in [3.8, 4) is 0 Å². The standard InChI is InChI=1S/C14H16BrFN2O2/c1-17(2)13(19)11-7-4-8-18(11)14(20)12-9(15)5-3-6-10(12)16/h3,5-6,11H,4,7-8H2,1-2H3. The molecule has 0 spiro atoms. The number of carbonyl (C=O) groups excluding carboxylic acids is 2. The summed E-state index contributed by atoms with van der Waals surface area (Å²) in [4.78, 5) is 27.5. The second-order valence-corrected chi connectivity index (χ2v) is 5.84. The van der Waals surface area contributed by atoms with Crippen LogP contribution in [0.1, 0.15) is 23.2 Å². The van der Waals surface area contributed by atoms with Gasteiger partial charge < -0.3 is 9.80 Å². The average Bonchev–Trinajstić information content (AvgIpc) is 2.86. The van der Waals surface area contributed by atoms with Gasteiger partial charge in [0.2, 0.25) is 5.91 Å². The Morgan fingerprint density at radius 2 is 2.10 bits per heavy atom. The number of nitrogens with zero attached hydrogens (tertiary/aromatic N) is 2. The molecule has 0 aliphatic carbocycles. The minimum Gasteiger partial charge on any atom is -0.347 e. The van der Waals surface area contributed by atoms with Gasteiger partial charge in [0.25, 0.3) is 5.91 Å². The van der Waals surface area contributed by atoms with Crippen molar-refractivity contribution < 1.29 is 14.0 Å². The van der Waals surface area contributed by atoms with Crippen molar-refractivity contribution in [1.82, 2.24) is 9.80 Å². The van der Waals surface area contributed by atoms with Crippen LogP contribution in [0.15, 0.2) is 22.7 Å². The first kappa shape index (κ1) is 15.0. The summed E-state index contributed by atoms with van der Waals surface area (Å²) in [6, 6.07) is 3.90. The molecule has 1 aliphatic rings. The van der Waals surface area contributed by atoms with E-state index in [0.717, 1.165) is 6.42 Å². The van der Waals surface area contributed by atoms with Crippen LogP contribution in [0.4, 0.5) is 4.39 Å². The van der Waals surface area contributed by atoms with Crippen molar-refractivity contribution in [2.24, 2.45) is 0 Å². The number of amides is 2. The fraction of sp³-hybridized carbons (Fsp3) is 0.429. The molecule has 1 aliphatic heterocycles. The molecule has 20 heavy (non-hydrogen) atoms. The minimum atomic E-state index is -0.577. The van der Waals surface area contributed by atoms with Gasteiger partial charge in [-0.25, -0.2) is 4.39 Å². The zero-order chi connectivity index (χ0) is 14.9. The van der Waals surface area contributed by atoms with E-state index in [9.17, 15) is 14.0 Å². The van der Waals surface area contributed by atoms with E-state index in [4.69, 9.17) is 0 Å². The molecule has 2 rings (SSSR count). The van der Waals surface area contributed by atoms with Crippen LogP contribution >= 0.6 is 15.9 Å². The molecule has 1 aromatic carbocycles. The highest BCUT2D eigenvalue weighted by atomic mass is 79.9. The third-order valence-electron chi connectivity index (χ3n) is 3.42. The van der Waals surface area contributed by atoms with Crippen LogP contribution in [0, 0.1) is 5.82 Å². The Balaban J connectivity index is 2.31. The average molecular weight is 343 g/mol. The monoisotopic (exact) mass is 342 g/mol. The summed E-state index contributed by atoms with van der Waals surface area (Å²) < 4.78 is 14.3. The van der Waals surface area contributed by atoms with E-state index in [1.807, 2.05) is 0 Å². The summed E-state index contributed by atoms with van der Waals surface area (Å²) in [5, 5.41) is 0. The van der Waals surface area contributed by atoms with E-state index in [1.165, 1.54) is 21.9 Å². The third kappa shape index (κ3) is 2.70. The Labute approximate surface area is 125 Å². The molecule has 2 amide bonds. The van der Waals surface area contributed by atoms with Gasteiger partial charge >= 0.3 is 0 Å². The number of likely N-dealkylation sites (tertiary alicyclic amines) is 1. The smallest absolute Gasteiger partial charge is 0.258 e. The number of rotatable bonds is 2. The van der Waals surface area contributed by atoms with Gasteiger partial charge in [-0.2, -0.15) is 0 Å². The molecule has 1 heterocycles. The fourth-order valence-corrected chi connectivity index (χ4v) is 2.92. The molecule has 0 saturated carbocycles. The van der Waals surface area contributed by atoms with Crippen molar-refractivity contribution in [1.29, 1.82) is 0 Å². The summed E-state index contributed by atoms with van der Waals surface area (Å²) in [5.74, 6) is -1.14. The van der Waals surface area contributed by atoms with Crippen molar-refractivity contribution in [3.05, 3.63) is 34.1 Å². The van der Waals surface area contributed by atoms with Crippen molar-refractivity contribution >= 4 is 27.7 Å². The van der Waals surface area contributed by atoms with Crippen LogP contribution in [0.3, 0.4) is 0 Å². The molecular formula is C14H16BrFN2O2. The lowest BCUT2D eigenvalue weighted by Crippen LogP contribution is -2.45. The predicted molar refractivity (Wildman–Crippen MR) is 76.9 cm³/mol. The van der Waals surface area contributed by atoms with Gasteiger partial charge in [-0.05, 0) is 40.9 Å². The summed E-state index contributed by atoms with van der Waals surface area (Å²) in [7, 11) is 3.31. The molecule has 0 aromatic heterocycles. The number of carbonyl (C=O) groups is 2. The van der Waals surface area contributed by atoms with E-state index in [0.29, 0.717) is 17.4 Å². The van der Waals surface area contributed by atoms with E-state index < -0.39 is 17.8 Å². The van der Waals surface area contributed by atoms with Gasteiger partial charge in [0.15, 0.2) is 0 Å². The van der Waals surface area contributed by atoms with E-state index in [1.54, 1.807) is 20.2 Å². The van der Waals surface area contributed by atoms with Crippen molar-refractivity contribution in [3.63, 3.8) is 0 Å². The van der Waals surface area contributed by atoms with E-state index in [2.05, 4.69) is 15.9 Å². The Kier molecular flexibility index (Phi) is 4.42. The number of hydrogen-bond donors (Lipinski definition) is 0. The highest BCUT2D eigenvalue weighted by Gasteiger charge is 2.36. The van der Waals surface area contributed by atoms with E-state index >= 15 is 0 Å². The molecule has 1 atom stereocenters. The highest BCUT2D eigenvalue weighted by molar-refractivity contribution is 9.10. The number of halogens is 2. The van der Waals surface area contributed by atoms with Crippen LogP contribution in [-0.2, 0) is 4.79 Å². The first-order valence-electron chi connectivity index (χ1n) is 6.39. The molecule has 1 unspecified atom stereocenters. The van der Waals surface area contributed by atoms with Crippen LogP contribution in [-0.4, -0.2) is 48.3 Å². The molecule has 1 fully saturated rings. The Morgan fingerprint density at radius 3 is 2.70 bits per heavy atom. The number of likely N-dealkylation sites (N-methyl/N-ethyl adjacent to an activating group) is 1. The second-order valence-electron chi connectivity index (χ2n) is 4.99. The van der Waals surface area contributed by atoms with Crippen molar-refractivity contribution in [2.45, 2.75) is 18.9 Å². The maximum atomic E-state index is 13.9. The zero-order valence-corrected chi connectivity index (χ0v) is 13.0. The molecule has 0 bridgehead atoms. The van der Waals surface area contributed by atoms with Crippen molar-refractivity contribution in [2.75, 3.05) is 20.6 Å². The highest BCUT2D eigenvalue weighted by Crippen LogP contribution is 2.26. The van der Waals surface area contributed by atoms with Gasteiger partial charge in [0.1, 0.15) is 11.9 Å². The zero-order valence-electron chi connectivity index (χ0n) is 11.4. The molecule has 6 heteroatoms. The fourth-order valence-electron chi connectivity index (χ4n) is 2.41. The lowest BCUT2D eigenvalue weighted by atomic mass is 10.1. The van der Waals surface area contributed by atoms with Crippen LogP contribution in [0.5, 0.6) is 0 Å². The number of benzene rings is 1. The summed E-state index contributed by atoms with van der Waals surface area (Å²) >= 11 is 3.20. The lowest BCUT2D eigenvalue weighted by molar-refractivity contribution is -0.132. The predicted octanol–water partition coefficient (Wildman–Crippen LogP) is 2.28. The number of hydrogen-bond acceptors (Lipinski definition) is 2. The second kappa shape index (κ2) is 5.91. The van der Waals surface area contributed by atoms with Gasteiger partial charge in [-0.1, -0.05) is 6.07 Å². The SMILES string of the molecule is CN(C)C(=O)C1CCCN1C(=O)c1c(F)cccc1Br. The summed E-state index contributed by atoms with van der Waals surface area (Å²) in [6.45, 7) is 0.476. The Bertz CT molecular complexity index is 528. The molecule has 1 aromatic rings. The quantitative estimate of drug-likeness (QED) is 0.827.